The van der Waals surface area contributed by atoms with Gasteiger partial charge >= 0.3 is 5.97 Å². The highest BCUT2D eigenvalue weighted by Gasteiger charge is 2.22. The van der Waals surface area contributed by atoms with Gasteiger partial charge in [0, 0.05) is 12.7 Å². The maximum atomic E-state index is 11.4. The number of methoxy groups -OCH3 is 1. The number of aromatic nitrogens is 1. The molecule has 0 fully saturated rings. The monoisotopic (exact) mass is 210 g/mol. The van der Waals surface area contributed by atoms with Crippen molar-refractivity contribution in [2.45, 2.75) is 13.8 Å². The number of ether oxygens (including phenoxy) is 1. The standard InChI is InChI=1S/C11H18N2O2/c1-8(2)9(11(14)15-3)7-13-10-5-4-6-12-10/h4-6,8-9,12-13H,7H2,1-3H3. The van der Waals surface area contributed by atoms with E-state index in [0.29, 0.717) is 6.54 Å². The molecule has 15 heavy (non-hydrogen) atoms. The van der Waals surface area contributed by atoms with Crippen molar-refractivity contribution < 1.29 is 9.53 Å². The number of anilines is 1. The Kier molecular flexibility index (Phi) is 4.21. The first-order valence-corrected chi connectivity index (χ1v) is 5.10. The minimum absolute atomic E-state index is 0.113. The number of hydrogen-bond acceptors (Lipinski definition) is 3. The maximum Gasteiger partial charge on any atom is 0.310 e. The van der Waals surface area contributed by atoms with E-state index in [2.05, 4.69) is 10.3 Å². The average molecular weight is 210 g/mol. The lowest BCUT2D eigenvalue weighted by molar-refractivity contribution is -0.146. The van der Waals surface area contributed by atoms with E-state index in [0.717, 1.165) is 5.82 Å². The van der Waals surface area contributed by atoms with E-state index in [9.17, 15) is 4.79 Å². The molecule has 0 aliphatic rings. The van der Waals surface area contributed by atoms with Gasteiger partial charge in [-0.2, -0.15) is 0 Å². The summed E-state index contributed by atoms with van der Waals surface area (Å²) in [5.41, 5.74) is 0. The molecule has 0 saturated heterocycles. The highest BCUT2D eigenvalue weighted by Crippen LogP contribution is 2.13. The first-order valence-electron chi connectivity index (χ1n) is 5.10. The number of nitrogens with one attached hydrogen (secondary N) is 2. The number of esters is 1. The van der Waals surface area contributed by atoms with Gasteiger partial charge in [-0.05, 0) is 18.1 Å². The summed E-state index contributed by atoms with van der Waals surface area (Å²) in [6.07, 6.45) is 1.84. The molecule has 0 spiro atoms. The highest BCUT2D eigenvalue weighted by atomic mass is 16.5. The van der Waals surface area contributed by atoms with Crippen molar-refractivity contribution in [3.8, 4) is 0 Å². The molecule has 0 radical (unpaired) electrons. The SMILES string of the molecule is COC(=O)C(CNc1ccc[nH]1)C(C)C. The number of carbonyl (C=O) groups is 1. The van der Waals surface area contributed by atoms with Crippen LogP contribution in [-0.4, -0.2) is 24.6 Å². The van der Waals surface area contributed by atoms with Crippen LogP contribution in [-0.2, 0) is 9.53 Å². The zero-order valence-corrected chi connectivity index (χ0v) is 9.41. The van der Waals surface area contributed by atoms with Crippen LogP contribution in [0.3, 0.4) is 0 Å². The average Bonchev–Trinajstić information content (AvgIpc) is 2.70. The molecule has 0 bridgehead atoms. The van der Waals surface area contributed by atoms with Gasteiger partial charge in [-0.1, -0.05) is 13.8 Å². The molecule has 1 aromatic rings. The first kappa shape index (κ1) is 11.6. The molecule has 0 saturated carbocycles. The van der Waals surface area contributed by atoms with E-state index in [1.807, 2.05) is 32.2 Å². The molecule has 0 aliphatic carbocycles. The molecular formula is C11H18N2O2. The smallest absolute Gasteiger partial charge is 0.310 e. The molecule has 2 N–H and O–H groups in total. The van der Waals surface area contributed by atoms with Crippen molar-refractivity contribution in [1.82, 2.24) is 4.98 Å². The Labute approximate surface area is 90.0 Å². The Bertz CT molecular complexity index is 294. The number of aromatic amines is 1. The molecule has 4 nitrogen and oxygen atoms in total. The van der Waals surface area contributed by atoms with Crippen LogP contribution in [0.4, 0.5) is 5.82 Å². The van der Waals surface area contributed by atoms with Crippen molar-refractivity contribution >= 4 is 11.8 Å². The summed E-state index contributed by atoms with van der Waals surface area (Å²) in [5, 5.41) is 3.16. The van der Waals surface area contributed by atoms with Gasteiger partial charge in [-0.25, -0.2) is 0 Å². The Balaban J connectivity index is 2.49. The van der Waals surface area contributed by atoms with Crippen LogP contribution in [0.2, 0.25) is 0 Å². The van der Waals surface area contributed by atoms with Crippen molar-refractivity contribution in [3.63, 3.8) is 0 Å². The topological polar surface area (TPSA) is 54.1 Å². The Morgan fingerprint density at radius 1 is 1.60 bits per heavy atom. The molecule has 1 rings (SSSR count). The van der Waals surface area contributed by atoms with Crippen LogP contribution in [0, 0.1) is 11.8 Å². The third kappa shape index (κ3) is 3.31. The van der Waals surface area contributed by atoms with Gasteiger partial charge in [0.05, 0.1) is 13.0 Å². The third-order valence-corrected chi connectivity index (χ3v) is 2.42. The van der Waals surface area contributed by atoms with E-state index >= 15 is 0 Å². The first-order chi connectivity index (χ1) is 7.15. The number of hydrogen-bond donors (Lipinski definition) is 2. The van der Waals surface area contributed by atoms with E-state index in [1.54, 1.807) is 0 Å². The molecule has 1 atom stereocenters. The number of rotatable bonds is 5. The zero-order chi connectivity index (χ0) is 11.3. The molecule has 84 valence electrons. The van der Waals surface area contributed by atoms with Gasteiger partial charge in [0.1, 0.15) is 5.82 Å². The number of carbonyl (C=O) groups excluding carboxylic acids is 1. The summed E-state index contributed by atoms with van der Waals surface area (Å²) in [6, 6.07) is 3.83. The summed E-state index contributed by atoms with van der Waals surface area (Å²) in [6.45, 7) is 4.61. The van der Waals surface area contributed by atoms with Crippen molar-refractivity contribution in [2.24, 2.45) is 11.8 Å². The predicted molar refractivity (Wildman–Crippen MR) is 59.6 cm³/mol. The number of H-pyrrole nitrogens is 1. The summed E-state index contributed by atoms with van der Waals surface area (Å²) >= 11 is 0. The van der Waals surface area contributed by atoms with Gasteiger partial charge in [-0.15, -0.1) is 0 Å². The zero-order valence-electron chi connectivity index (χ0n) is 9.41. The van der Waals surface area contributed by atoms with Crippen molar-refractivity contribution in [1.29, 1.82) is 0 Å². The van der Waals surface area contributed by atoms with Gasteiger partial charge in [-0.3, -0.25) is 4.79 Å². The fourth-order valence-corrected chi connectivity index (χ4v) is 1.40. The maximum absolute atomic E-state index is 11.4. The van der Waals surface area contributed by atoms with Crippen LogP contribution in [0.15, 0.2) is 18.3 Å². The molecule has 1 heterocycles. The van der Waals surface area contributed by atoms with Crippen LogP contribution >= 0.6 is 0 Å². The molecule has 1 aromatic heterocycles. The lowest BCUT2D eigenvalue weighted by Crippen LogP contribution is -2.28. The van der Waals surface area contributed by atoms with E-state index in [1.165, 1.54) is 7.11 Å². The molecule has 4 heteroatoms. The minimum atomic E-state index is -0.163. The molecule has 1 unspecified atom stereocenters. The second kappa shape index (κ2) is 5.44. The second-order valence-corrected chi connectivity index (χ2v) is 3.84. The lowest BCUT2D eigenvalue weighted by atomic mass is 9.96. The Morgan fingerprint density at radius 2 is 2.33 bits per heavy atom. The van der Waals surface area contributed by atoms with Gasteiger partial charge in [0.2, 0.25) is 0 Å². The highest BCUT2D eigenvalue weighted by molar-refractivity contribution is 5.73. The fraction of sp³-hybridized carbons (Fsp3) is 0.545. The predicted octanol–water partition coefficient (Wildman–Crippen LogP) is 1.87. The molecule has 0 aliphatic heterocycles. The van der Waals surface area contributed by atoms with Crippen LogP contribution in [0.25, 0.3) is 0 Å². The third-order valence-electron chi connectivity index (χ3n) is 2.42. The Hall–Kier alpha value is -1.45. The van der Waals surface area contributed by atoms with Gasteiger partial charge in [0.25, 0.3) is 0 Å². The summed E-state index contributed by atoms with van der Waals surface area (Å²) in [7, 11) is 1.42. The lowest BCUT2D eigenvalue weighted by Gasteiger charge is -2.18. The molecule has 0 aromatic carbocycles. The summed E-state index contributed by atoms with van der Waals surface area (Å²) in [5.74, 6) is 0.909. The summed E-state index contributed by atoms with van der Waals surface area (Å²) in [4.78, 5) is 14.5. The van der Waals surface area contributed by atoms with Gasteiger partial charge in [0.15, 0.2) is 0 Å². The van der Waals surface area contributed by atoms with Crippen molar-refractivity contribution in [2.75, 3.05) is 19.0 Å². The normalized spacial score (nSPS) is 12.5. The minimum Gasteiger partial charge on any atom is -0.469 e. The van der Waals surface area contributed by atoms with Crippen molar-refractivity contribution in [3.05, 3.63) is 18.3 Å². The van der Waals surface area contributed by atoms with Crippen LogP contribution in [0.5, 0.6) is 0 Å². The van der Waals surface area contributed by atoms with E-state index in [4.69, 9.17) is 4.74 Å². The summed E-state index contributed by atoms with van der Waals surface area (Å²) < 4.78 is 4.75. The van der Waals surface area contributed by atoms with Crippen LogP contribution < -0.4 is 5.32 Å². The van der Waals surface area contributed by atoms with Crippen LogP contribution in [0.1, 0.15) is 13.8 Å². The second-order valence-electron chi connectivity index (χ2n) is 3.84. The van der Waals surface area contributed by atoms with Gasteiger partial charge < -0.3 is 15.0 Å². The van der Waals surface area contributed by atoms with E-state index < -0.39 is 0 Å². The molecule has 0 amide bonds. The largest absolute Gasteiger partial charge is 0.469 e. The quantitative estimate of drug-likeness (QED) is 0.729. The van der Waals surface area contributed by atoms with E-state index in [-0.39, 0.29) is 17.8 Å². The molecular weight excluding hydrogens is 192 g/mol. The fourth-order valence-electron chi connectivity index (χ4n) is 1.40. The Morgan fingerprint density at radius 3 is 2.80 bits per heavy atom.